The third-order valence-electron chi connectivity index (χ3n) is 3.32. The standard InChI is InChI=1S/C16H15ClN4/c1-11-7-12(9-13(17)8-11)16(18)15-10-19-20-21(15)14-5-3-2-4-6-14/h2-10,16H,18H2,1H3. The van der Waals surface area contributed by atoms with E-state index in [1.807, 2.05) is 55.5 Å². The monoisotopic (exact) mass is 298 g/mol. The van der Waals surface area contributed by atoms with Crippen LogP contribution >= 0.6 is 11.6 Å². The van der Waals surface area contributed by atoms with Crippen LogP contribution in [0.4, 0.5) is 0 Å². The van der Waals surface area contributed by atoms with Gasteiger partial charge in [-0.3, -0.25) is 0 Å². The fourth-order valence-corrected chi connectivity index (χ4v) is 2.64. The number of aryl methyl sites for hydroxylation is 1. The molecule has 0 spiro atoms. The minimum Gasteiger partial charge on any atom is -0.319 e. The molecule has 0 aliphatic carbocycles. The fourth-order valence-electron chi connectivity index (χ4n) is 2.34. The van der Waals surface area contributed by atoms with E-state index in [0.29, 0.717) is 5.02 Å². The van der Waals surface area contributed by atoms with E-state index in [4.69, 9.17) is 17.3 Å². The summed E-state index contributed by atoms with van der Waals surface area (Å²) in [5.41, 5.74) is 10.1. The van der Waals surface area contributed by atoms with Gasteiger partial charge in [-0.1, -0.05) is 41.1 Å². The smallest absolute Gasteiger partial charge is 0.0858 e. The molecular formula is C16H15ClN4. The Morgan fingerprint density at radius 1 is 1.14 bits per heavy atom. The number of benzene rings is 2. The van der Waals surface area contributed by atoms with Gasteiger partial charge in [0.2, 0.25) is 0 Å². The Kier molecular flexibility index (Phi) is 3.73. The lowest BCUT2D eigenvalue weighted by Gasteiger charge is -2.14. The van der Waals surface area contributed by atoms with Crippen LogP contribution in [0, 0.1) is 6.92 Å². The molecule has 0 bridgehead atoms. The Balaban J connectivity index is 2.03. The van der Waals surface area contributed by atoms with Crippen LogP contribution in [0.15, 0.2) is 54.7 Å². The molecule has 0 aliphatic rings. The molecular weight excluding hydrogens is 284 g/mol. The quantitative estimate of drug-likeness (QED) is 0.807. The van der Waals surface area contributed by atoms with Gasteiger partial charge >= 0.3 is 0 Å². The molecule has 2 N–H and O–H groups in total. The molecule has 1 heterocycles. The van der Waals surface area contributed by atoms with Gasteiger partial charge in [-0.15, -0.1) is 5.10 Å². The number of hydrogen-bond acceptors (Lipinski definition) is 3. The molecule has 1 aromatic heterocycles. The number of nitrogens with zero attached hydrogens (tertiary/aromatic N) is 3. The maximum atomic E-state index is 6.38. The largest absolute Gasteiger partial charge is 0.319 e. The van der Waals surface area contributed by atoms with Gasteiger partial charge in [0.1, 0.15) is 0 Å². The van der Waals surface area contributed by atoms with Gasteiger partial charge in [-0.25, -0.2) is 4.68 Å². The number of para-hydroxylation sites is 1. The molecule has 0 radical (unpaired) electrons. The average molecular weight is 299 g/mol. The van der Waals surface area contributed by atoms with Crippen LogP contribution < -0.4 is 5.73 Å². The number of nitrogens with two attached hydrogens (primary N) is 1. The van der Waals surface area contributed by atoms with Gasteiger partial charge in [-0.2, -0.15) is 0 Å². The Morgan fingerprint density at radius 3 is 2.62 bits per heavy atom. The van der Waals surface area contributed by atoms with Crippen molar-refractivity contribution in [2.45, 2.75) is 13.0 Å². The fraction of sp³-hybridized carbons (Fsp3) is 0.125. The molecule has 1 unspecified atom stereocenters. The molecule has 0 aliphatic heterocycles. The van der Waals surface area contributed by atoms with Crippen molar-refractivity contribution in [2.75, 3.05) is 0 Å². The summed E-state index contributed by atoms with van der Waals surface area (Å²) < 4.78 is 1.75. The highest BCUT2D eigenvalue weighted by Crippen LogP contribution is 2.24. The summed E-state index contributed by atoms with van der Waals surface area (Å²) >= 11 is 6.12. The zero-order chi connectivity index (χ0) is 14.8. The molecule has 0 fully saturated rings. The molecule has 1 atom stereocenters. The number of rotatable bonds is 3. The second-order valence-electron chi connectivity index (χ2n) is 4.95. The normalized spacial score (nSPS) is 12.3. The summed E-state index contributed by atoms with van der Waals surface area (Å²) in [6.07, 6.45) is 1.69. The first kappa shape index (κ1) is 13.8. The van der Waals surface area contributed by atoms with E-state index in [1.165, 1.54) is 0 Å². The van der Waals surface area contributed by atoms with Crippen LogP contribution in [-0.4, -0.2) is 15.0 Å². The summed E-state index contributed by atoms with van der Waals surface area (Å²) in [5, 5.41) is 8.80. The molecule has 0 saturated heterocycles. The molecule has 3 aromatic rings. The first-order valence-corrected chi connectivity index (χ1v) is 7.01. The lowest BCUT2D eigenvalue weighted by atomic mass is 10.0. The predicted octanol–water partition coefficient (Wildman–Crippen LogP) is 3.28. The second kappa shape index (κ2) is 5.68. The lowest BCUT2D eigenvalue weighted by Crippen LogP contribution is -2.17. The highest BCUT2D eigenvalue weighted by Gasteiger charge is 2.16. The third-order valence-corrected chi connectivity index (χ3v) is 3.54. The van der Waals surface area contributed by atoms with Crippen molar-refractivity contribution >= 4 is 11.6 Å². The molecule has 0 amide bonds. The van der Waals surface area contributed by atoms with E-state index in [9.17, 15) is 0 Å². The maximum Gasteiger partial charge on any atom is 0.0858 e. The summed E-state index contributed by atoms with van der Waals surface area (Å²) in [7, 11) is 0. The highest BCUT2D eigenvalue weighted by atomic mass is 35.5. The molecule has 0 saturated carbocycles. The van der Waals surface area contributed by atoms with Crippen molar-refractivity contribution in [3.8, 4) is 5.69 Å². The first-order chi connectivity index (χ1) is 10.1. The van der Waals surface area contributed by atoms with Gasteiger partial charge in [0.05, 0.1) is 23.6 Å². The molecule has 3 rings (SSSR count). The molecule has 21 heavy (non-hydrogen) atoms. The van der Waals surface area contributed by atoms with Crippen molar-refractivity contribution in [1.29, 1.82) is 0 Å². The van der Waals surface area contributed by atoms with Crippen LogP contribution in [0.5, 0.6) is 0 Å². The van der Waals surface area contributed by atoms with Gasteiger partial charge in [-0.05, 0) is 42.3 Å². The van der Waals surface area contributed by atoms with Crippen LogP contribution in [0.25, 0.3) is 5.69 Å². The van der Waals surface area contributed by atoms with E-state index < -0.39 is 0 Å². The van der Waals surface area contributed by atoms with Crippen molar-refractivity contribution < 1.29 is 0 Å². The first-order valence-electron chi connectivity index (χ1n) is 6.64. The van der Waals surface area contributed by atoms with E-state index >= 15 is 0 Å². The van der Waals surface area contributed by atoms with Gasteiger partial charge in [0, 0.05) is 5.02 Å². The Bertz CT molecular complexity index is 732. The summed E-state index contributed by atoms with van der Waals surface area (Å²) in [6, 6.07) is 15.3. The zero-order valence-corrected chi connectivity index (χ0v) is 12.3. The van der Waals surface area contributed by atoms with Crippen molar-refractivity contribution in [3.05, 3.63) is 76.6 Å². The van der Waals surface area contributed by atoms with Crippen LogP contribution in [0.1, 0.15) is 22.9 Å². The van der Waals surface area contributed by atoms with Crippen LogP contribution in [0.3, 0.4) is 0 Å². The Morgan fingerprint density at radius 2 is 1.90 bits per heavy atom. The Hall–Kier alpha value is -2.17. The van der Waals surface area contributed by atoms with E-state index in [1.54, 1.807) is 10.9 Å². The average Bonchev–Trinajstić information content (AvgIpc) is 2.95. The van der Waals surface area contributed by atoms with Crippen molar-refractivity contribution in [3.63, 3.8) is 0 Å². The van der Waals surface area contributed by atoms with Gasteiger partial charge in [0.25, 0.3) is 0 Å². The Labute approximate surface area is 128 Å². The van der Waals surface area contributed by atoms with E-state index in [-0.39, 0.29) is 6.04 Å². The van der Waals surface area contributed by atoms with Crippen LogP contribution in [-0.2, 0) is 0 Å². The van der Waals surface area contributed by atoms with E-state index in [0.717, 1.165) is 22.5 Å². The maximum absolute atomic E-state index is 6.38. The van der Waals surface area contributed by atoms with Crippen molar-refractivity contribution in [1.82, 2.24) is 15.0 Å². The minimum atomic E-state index is -0.336. The predicted molar refractivity (Wildman–Crippen MR) is 83.6 cm³/mol. The molecule has 2 aromatic carbocycles. The van der Waals surface area contributed by atoms with E-state index in [2.05, 4.69) is 10.3 Å². The molecule has 4 nitrogen and oxygen atoms in total. The molecule has 106 valence electrons. The van der Waals surface area contributed by atoms with Gasteiger partial charge < -0.3 is 5.73 Å². The SMILES string of the molecule is Cc1cc(Cl)cc(C(N)c2cnnn2-c2ccccc2)c1. The number of halogens is 1. The van der Waals surface area contributed by atoms with Crippen molar-refractivity contribution in [2.24, 2.45) is 5.73 Å². The summed E-state index contributed by atoms with van der Waals surface area (Å²) in [6.45, 7) is 1.99. The summed E-state index contributed by atoms with van der Waals surface area (Å²) in [4.78, 5) is 0. The number of hydrogen-bond donors (Lipinski definition) is 1. The minimum absolute atomic E-state index is 0.336. The van der Waals surface area contributed by atoms with Gasteiger partial charge in [0.15, 0.2) is 0 Å². The van der Waals surface area contributed by atoms with Crippen LogP contribution in [0.2, 0.25) is 5.02 Å². The highest BCUT2D eigenvalue weighted by molar-refractivity contribution is 6.30. The molecule has 5 heteroatoms. The summed E-state index contributed by atoms with van der Waals surface area (Å²) in [5.74, 6) is 0. The topological polar surface area (TPSA) is 56.7 Å². The lowest BCUT2D eigenvalue weighted by molar-refractivity contribution is 0.719. The zero-order valence-electron chi connectivity index (χ0n) is 11.6. The third kappa shape index (κ3) is 2.82. The second-order valence-corrected chi connectivity index (χ2v) is 5.38. The number of aromatic nitrogens is 3.